The van der Waals surface area contributed by atoms with E-state index in [4.69, 9.17) is 0 Å². The lowest BCUT2D eigenvalue weighted by Crippen LogP contribution is -2.46. The Kier molecular flexibility index (Phi) is 7.69. The largest absolute Gasteiger partial charge is 0.359 e. The lowest BCUT2D eigenvalue weighted by molar-refractivity contribution is -0.121. The van der Waals surface area contributed by atoms with E-state index >= 15 is 0 Å². The van der Waals surface area contributed by atoms with Gasteiger partial charge in [0, 0.05) is 40.2 Å². The molecule has 132 valence electrons. The number of nitrogens with one attached hydrogen (secondary N) is 2. The fraction of sp³-hybridized carbons (Fsp3) is 0.889. The van der Waals surface area contributed by atoms with Crippen molar-refractivity contribution in [2.24, 2.45) is 16.8 Å². The maximum Gasteiger partial charge on any atom is 0.220 e. The van der Waals surface area contributed by atoms with Crippen LogP contribution in [0.5, 0.6) is 0 Å². The first-order valence-corrected chi connectivity index (χ1v) is 9.39. The molecule has 1 heterocycles. The van der Waals surface area contributed by atoms with Crippen LogP contribution in [0, 0.1) is 11.8 Å². The molecule has 0 aromatic rings. The van der Waals surface area contributed by atoms with Gasteiger partial charge in [-0.3, -0.25) is 9.79 Å². The van der Waals surface area contributed by atoms with E-state index in [9.17, 15) is 4.79 Å². The van der Waals surface area contributed by atoms with Crippen molar-refractivity contribution in [2.75, 3.05) is 33.7 Å². The zero-order chi connectivity index (χ0) is 16.5. The van der Waals surface area contributed by atoms with Crippen molar-refractivity contribution in [3.05, 3.63) is 0 Å². The molecule has 0 aromatic carbocycles. The van der Waals surface area contributed by atoms with E-state index in [0.717, 1.165) is 44.4 Å². The minimum Gasteiger partial charge on any atom is -0.359 e. The predicted octanol–water partition coefficient (Wildman–Crippen LogP) is 2.38. The highest BCUT2D eigenvalue weighted by atomic mass is 16.1. The minimum absolute atomic E-state index is 0.165. The summed E-state index contributed by atoms with van der Waals surface area (Å²) in [5.41, 5.74) is 0. The molecule has 0 bridgehead atoms. The normalized spacial score (nSPS) is 21.3. The topological polar surface area (TPSA) is 56.7 Å². The van der Waals surface area contributed by atoms with Gasteiger partial charge in [0.25, 0.3) is 0 Å². The number of carbonyl (C=O) groups is 1. The van der Waals surface area contributed by atoms with Crippen LogP contribution < -0.4 is 10.6 Å². The summed E-state index contributed by atoms with van der Waals surface area (Å²) in [5, 5.41) is 6.28. The SMILES string of the molecule is CN=C(NCCC1CCCCC1)N1CCC(CC(=O)NC)CC1. The van der Waals surface area contributed by atoms with Crippen LogP contribution >= 0.6 is 0 Å². The molecule has 1 aliphatic carbocycles. The number of aliphatic imine (C=N–C) groups is 1. The molecular formula is C18H34N4O. The van der Waals surface area contributed by atoms with E-state index in [2.05, 4.69) is 20.5 Å². The second-order valence-corrected chi connectivity index (χ2v) is 7.07. The van der Waals surface area contributed by atoms with Crippen molar-refractivity contribution < 1.29 is 4.79 Å². The monoisotopic (exact) mass is 322 g/mol. The van der Waals surface area contributed by atoms with Crippen molar-refractivity contribution in [3.63, 3.8) is 0 Å². The molecule has 0 unspecified atom stereocenters. The first kappa shape index (κ1) is 18.1. The van der Waals surface area contributed by atoms with E-state index in [0.29, 0.717) is 12.3 Å². The van der Waals surface area contributed by atoms with E-state index < -0.39 is 0 Å². The maximum absolute atomic E-state index is 11.5. The number of guanidine groups is 1. The third-order valence-corrected chi connectivity index (χ3v) is 5.44. The van der Waals surface area contributed by atoms with Gasteiger partial charge in [-0.2, -0.15) is 0 Å². The van der Waals surface area contributed by atoms with Crippen LogP contribution in [-0.4, -0.2) is 50.5 Å². The molecule has 1 amide bonds. The molecule has 2 aliphatic rings. The first-order valence-electron chi connectivity index (χ1n) is 9.39. The highest BCUT2D eigenvalue weighted by Gasteiger charge is 2.23. The van der Waals surface area contributed by atoms with Gasteiger partial charge >= 0.3 is 0 Å². The second-order valence-electron chi connectivity index (χ2n) is 7.07. The second kappa shape index (κ2) is 9.78. The predicted molar refractivity (Wildman–Crippen MR) is 95.5 cm³/mol. The zero-order valence-electron chi connectivity index (χ0n) is 14.9. The lowest BCUT2D eigenvalue weighted by atomic mass is 9.87. The Morgan fingerprint density at radius 3 is 2.39 bits per heavy atom. The number of nitrogens with zero attached hydrogens (tertiary/aromatic N) is 2. The molecular weight excluding hydrogens is 288 g/mol. The Hall–Kier alpha value is -1.26. The molecule has 2 N–H and O–H groups in total. The van der Waals surface area contributed by atoms with Crippen LogP contribution in [0.15, 0.2) is 4.99 Å². The van der Waals surface area contributed by atoms with Gasteiger partial charge in [0.15, 0.2) is 5.96 Å². The quantitative estimate of drug-likeness (QED) is 0.603. The fourth-order valence-electron chi connectivity index (χ4n) is 3.91. The molecule has 5 nitrogen and oxygen atoms in total. The third-order valence-electron chi connectivity index (χ3n) is 5.44. The van der Waals surface area contributed by atoms with Crippen LogP contribution in [0.4, 0.5) is 0 Å². The Labute approximate surface area is 141 Å². The number of carbonyl (C=O) groups excluding carboxylic acids is 1. The van der Waals surface area contributed by atoms with Gasteiger partial charge in [-0.05, 0) is 31.1 Å². The summed E-state index contributed by atoms with van der Waals surface area (Å²) >= 11 is 0. The molecule has 2 fully saturated rings. The molecule has 0 atom stereocenters. The lowest BCUT2D eigenvalue weighted by Gasteiger charge is -2.34. The summed E-state index contributed by atoms with van der Waals surface area (Å²) in [5.74, 6) is 2.64. The molecule has 2 rings (SSSR count). The molecule has 0 aromatic heterocycles. The molecule has 1 aliphatic heterocycles. The van der Waals surface area contributed by atoms with Gasteiger partial charge in [-0.25, -0.2) is 0 Å². The minimum atomic E-state index is 0.165. The Bertz CT molecular complexity index is 382. The maximum atomic E-state index is 11.5. The van der Waals surface area contributed by atoms with Gasteiger partial charge in [-0.1, -0.05) is 32.1 Å². The van der Waals surface area contributed by atoms with Gasteiger partial charge in [-0.15, -0.1) is 0 Å². The van der Waals surface area contributed by atoms with Gasteiger partial charge in [0.1, 0.15) is 0 Å². The van der Waals surface area contributed by atoms with Crippen molar-refractivity contribution in [2.45, 2.75) is 57.8 Å². The molecule has 0 radical (unpaired) electrons. The van der Waals surface area contributed by atoms with Crippen molar-refractivity contribution in [3.8, 4) is 0 Å². The van der Waals surface area contributed by atoms with Crippen LogP contribution in [0.1, 0.15) is 57.8 Å². The van der Waals surface area contributed by atoms with Crippen LogP contribution in [0.2, 0.25) is 0 Å². The van der Waals surface area contributed by atoms with Gasteiger partial charge in [0.2, 0.25) is 5.91 Å². The molecule has 1 saturated heterocycles. The summed E-state index contributed by atoms with van der Waals surface area (Å²) in [7, 11) is 3.59. The number of hydrogen-bond acceptors (Lipinski definition) is 2. The Balaban J connectivity index is 1.67. The van der Waals surface area contributed by atoms with Crippen LogP contribution in [-0.2, 0) is 4.79 Å². The Morgan fingerprint density at radius 1 is 1.09 bits per heavy atom. The Morgan fingerprint density at radius 2 is 1.78 bits per heavy atom. The van der Waals surface area contributed by atoms with E-state index in [1.165, 1.54) is 38.5 Å². The van der Waals surface area contributed by atoms with Crippen molar-refractivity contribution >= 4 is 11.9 Å². The summed E-state index contributed by atoms with van der Waals surface area (Å²) < 4.78 is 0. The van der Waals surface area contributed by atoms with E-state index in [1.54, 1.807) is 7.05 Å². The van der Waals surface area contributed by atoms with Crippen LogP contribution in [0.3, 0.4) is 0 Å². The molecule has 0 spiro atoms. The molecule has 5 heteroatoms. The number of likely N-dealkylation sites (tertiary alicyclic amines) is 1. The third kappa shape index (κ3) is 6.04. The van der Waals surface area contributed by atoms with Gasteiger partial charge in [0.05, 0.1) is 0 Å². The van der Waals surface area contributed by atoms with Gasteiger partial charge < -0.3 is 15.5 Å². The molecule has 1 saturated carbocycles. The van der Waals surface area contributed by atoms with E-state index in [-0.39, 0.29) is 5.91 Å². The fourth-order valence-corrected chi connectivity index (χ4v) is 3.91. The summed E-state index contributed by atoms with van der Waals surface area (Å²) in [6.45, 7) is 3.05. The first-order chi connectivity index (χ1) is 11.2. The summed E-state index contributed by atoms with van der Waals surface area (Å²) in [4.78, 5) is 18.3. The average Bonchev–Trinajstić information content (AvgIpc) is 2.60. The number of rotatable bonds is 5. The highest BCUT2D eigenvalue weighted by Crippen LogP contribution is 2.26. The zero-order valence-corrected chi connectivity index (χ0v) is 14.9. The summed E-state index contributed by atoms with van der Waals surface area (Å²) in [6.07, 6.45) is 11.2. The number of piperidine rings is 1. The van der Waals surface area contributed by atoms with E-state index in [1.807, 2.05) is 7.05 Å². The van der Waals surface area contributed by atoms with Crippen molar-refractivity contribution in [1.29, 1.82) is 0 Å². The smallest absolute Gasteiger partial charge is 0.220 e. The number of amides is 1. The highest BCUT2D eigenvalue weighted by molar-refractivity contribution is 5.80. The standard InChI is InChI=1S/C18H34N4O/c1-19-17(23)14-16-9-12-22(13-10-16)18(20-2)21-11-8-15-6-4-3-5-7-15/h15-16H,3-14H2,1-2H3,(H,19,23)(H,20,21). The molecule has 23 heavy (non-hydrogen) atoms. The summed E-state index contributed by atoms with van der Waals surface area (Å²) in [6, 6.07) is 0. The van der Waals surface area contributed by atoms with Crippen LogP contribution in [0.25, 0.3) is 0 Å². The van der Waals surface area contributed by atoms with Crippen molar-refractivity contribution in [1.82, 2.24) is 15.5 Å². The average molecular weight is 322 g/mol. The number of hydrogen-bond donors (Lipinski definition) is 2.